The Morgan fingerprint density at radius 1 is 1.00 bits per heavy atom. The number of rotatable bonds is 4. The highest BCUT2D eigenvalue weighted by molar-refractivity contribution is 5.90. The average molecular weight is 345 g/mol. The number of nitrogens with zero attached hydrogens (tertiary/aromatic N) is 3. The van der Waals surface area contributed by atoms with Crippen LogP contribution >= 0.6 is 0 Å². The molecule has 0 spiro atoms. The molecular weight excluding hydrogens is 318 g/mol. The second-order valence-corrected chi connectivity index (χ2v) is 7.35. The van der Waals surface area contributed by atoms with Crippen LogP contribution in [0.3, 0.4) is 0 Å². The number of piperidine rings is 2. The van der Waals surface area contributed by atoms with Gasteiger partial charge in [-0.1, -0.05) is 0 Å². The first-order valence-corrected chi connectivity index (χ1v) is 9.34. The van der Waals surface area contributed by atoms with Gasteiger partial charge in [0.15, 0.2) is 6.29 Å². The molecule has 0 unspecified atom stereocenters. The van der Waals surface area contributed by atoms with Crippen molar-refractivity contribution >= 4 is 23.3 Å². The van der Waals surface area contributed by atoms with Crippen molar-refractivity contribution in [2.24, 2.45) is 0 Å². The Balaban J connectivity index is 2.10. The van der Waals surface area contributed by atoms with E-state index in [9.17, 15) is 14.9 Å². The van der Waals surface area contributed by atoms with Gasteiger partial charge in [-0.15, -0.1) is 0 Å². The minimum atomic E-state index is -0.354. The molecule has 0 aliphatic carbocycles. The fourth-order valence-electron chi connectivity index (χ4n) is 4.21. The molecule has 0 N–H and O–H groups in total. The third kappa shape index (κ3) is 3.48. The number of aldehydes is 1. The van der Waals surface area contributed by atoms with Crippen LogP contribution in [0.5, 0.6) is 0 Å². The number of benzene rings is 1. The average Bonchev–Trinajstić information content (AvgIpc) is 2.61. The first-order valence-electron chi connectivity index (χ1n) is 9.34. The van der Waals surface area contributed by atoms with Gasteiger partial charge in [0.25, 0.3) is 5.69 Å². The predicted molar refractivity (Wildman–Crippen MR) is 99.8 cm³/mol. The van der Waals surface area contributed by atoms with Crippen LogP contribution in [0.4, 0.5) is 17.1 Å². The maximum Gasteiger partial charge on any atom is 0.293 e. The highest BCUT2D eigenvalue weighted by atomic mass is 16.6. The van der Waals surface area contributed by atoms with Crippen molar-refractivity contribution in [1.29, 1.82) is 0 Å². The summed E-state index contributed by atoms with van der Waals surface area (Å²) in [6.07, 6.45) is 7.38. The van der Waals surface area contributed by atoms with Crippen LogP contribution < -0.4 is 9.80 Å². The van der Waals surface area contributed by atoms with E-state index in [0.29, 0.717) is 17.3 Å². The summed E-state index contributed by atoms with van der Waals surface area (Å²) < 4.78 is 0. The number of carbonyl (C=O) groups excluding carboxylic acids is 1. The van der Waals surface area contributed by atoms with E-state index in [-0.39, 0.29) is 16.7 Å². The van der Waals surface area contributed by atoms with Crippen molar-refractivity contribution in [1.82, 2.24) is 0 Å². The van der Waals surface area contributed by atoms with E-state index < -0.39 is 0 Å². The molecule has 1 aromatic rings. The molecule has 6 nitrogen and oxygen atoms in total. The number of anilines is 2. The van der Waals surface area contributed by atoms with Gasteiger partial charge in [-0.2, -0.15) is 0 Å². The molecular formula is C19H27N3O3. The molecule has 6 heteroatoms. The van der Waals surface area contributed by atoms with Crippen molar-refractivity contribution in [2.45, 2.75) is 64.5 Å². The summed E-state index contributed by atoms with van der Waals surface area (Å²) >= 11 is 0. The SMILES string of the molecule is C[C@@H]1CCCCN1c1cc(N2CCCC[C@@H]2C)c(C=O)cc1[N+](=O)[O-]. The monoisotopic (exact) mass is 345 g/mol. The topological polar surface area (TPSA) is 66.7 Å². The maximum absolute atomic E-state index is 11.6. The Morgan fingerprint density at radius 3 is 2.04 bits per heavy atom. The molecule has 136 valence electrons. The maximum atomic E-state index is 11.6. The minimum absolute atomic E-state index is 0.0456. The molecule has 2 heterocycles. The lowest BCUT2D eigenvalue weighted by Crippen LogP contribution is -2.40. The lowest BCUT2D eigenvalue weighted by molar-refractivity contribution is -0.384. The number of hydrogen-bond acceptors (Lipinski definition) is 5. The Hall–Kier alpha value is -2.11. The van der Waals surface area contributed by atoms with E-state index in [1.165, 1.54) is 12.5 Å². The molecule has 0 saturated carbocycles. The molecule has 3 rings (SSSR count). The summed E-state index contributed by atoms with van der Waals surface area (Å²) in [4.78, 5) is 27.3. The molecule has 2 aliphatic rings. The van der Waals surface area contributed by atoms with Crippen molar-refractivity contribution < 1.29 is 9.72 Å². The van der Waals surface area contributed by atoms with Crippen LogP contribution in [0.2, 0.25) is 0 Å². The first-order chi connectivity index (χ1) is 12.0. The Labute approximate surface area is 148 Å². The molecule has 1 aromatic carbocycles. The number of nitro benzene ring substituents is 1. The third-order valence-corrected chi connectivity index (χ3v) is 5.67. The molecule has 2 saturated heterocycles. The number of hydrogen-bond donors (Lipinski definition) is 0. The van der Waals surface area contributed by atoms with Crippen molar-refractivity contribution in [2.75, 3.05) is 22.9 Å². The zero-order valence-corrected chi connectivity index (χ0v) is 15.1. The molecule has 2 atom stereocenters. The third-order valence-electron chi connectivity index (χ3n) is 5.67. The van der Waals surface area contributed by atoms with E-state index in [0.717, 1.165) is 57.2 Å². The highest BCUT2D eigenvalue weighted by Gasteiger charge is 2.30. The zero-order valence-electron chi connectivity index (χ0n) is 15.1. The Bertz CT molecular complexity index is 662. The fraction of sp³-hybridized carbons (Fsp3) is 0.632. The molecule has 0 radical (unpaired) electrons. The van der Waals surface area contributed by atoms with Crippen LogP contribution in [0.25, 0.3) is 0 Å². The second-order valence-electron chi connectivity index (χ2n) is 7.35. The van der Waals surface area contributed by atoms with Crippen LogP contribution in [0, 0.1) is 10.1 Å². The molecule has 0 amide bonds. The van der Waals surface area contributed by atoms with Crippen LogP contribution in [-0.2, 0) is 0 Å². The molecule has 2 aliphatic heterocycles. The van der Waals surface area contributed by atoms with E-state index in [4.69, 9.17) is 0 Å². The first kappa shape index (κ1) is 17.7. The lowest BCUT2D eigenvalue weighted by Gasteiger charge is -2.38. The highest BCUT2D eigenvalue weighted by Crippen LogP contribution is 2.39. The van der Waals surface area contributed by atoms with Crippen molar-refractivity contribution in [3.8, 4) is 0 Å². The summed E-state index contributed by atoms with van der Waals surface area (Å²) in [5, 5.41) is 11.6. The Kier molecular flexibility index (Phi) is 5.25. The van der Waals surface area contributed by atoms with E-state index in [1.807, 2.05) is 6.07 Å². The van der Waals surface area contributed by atoms with E-state index >= 15 is 0 Å². The summed E-state index contributed by atoms with van der Waals surface area (Å²) in [6.45, 7) is 6.02. The van der Waals surface area contributed by atoms with Gasteiger partial charge in [-0.25, -0.2) is 0 Å². The van der Waals surface area contributed by atoms with Gasteiger partial charge in [0.1, 0.15) is 5.69 Å². The summed E-state index contributed by atoms with van der Waals surface area (Å²) in [6, 6.07) is 3.99. The van der Waals surface area contributed by atoms with Gasteiger partial charge in [0.2, 0.25) is 0 Å². The standard InChI is InChI=1S/C19H27N3O3/c1-14-7-3-5-9-20(14)17-12-18(21-10-6-4-8-15(21)2)19(22(24)25)11-16(17)13-23/h11-15H,3-10H2,1-2H3/t14-,15+/m0/s1. The van der Waals surface area contributed by atoms with E-state index in [2.05, 4.69) is 23.6 Å². The predicted octanol–water partition coefficient (Wildman–Crippen LogP) is 4.16. The summed E-state index contributed by atoms with van der Waals surface area (Å²) in [5.41, 5.74) is 1.98. The fourth-order valence-corrected chi connectivity index (χ4v) is 4.21. The summed E-state index contributed by atoms with van der Waals surface area (Å²) in [5.74, 6) is 0. The van der Waals surface area contributed by atoms with Crippen LogP contribution in [-0.4, -0.2) is 36.4 Å². The van der Waals surface area contributed by atoms with Crippen LogP contribution in [0.1, 0.15) is 62.7 Å². The number of nitro groups is 1. The smallest absolute Gasteiger partial charge is 0.293 e. The van der Waals surface area contributed by atoms with Crippen molar-refractivity contribution in [3.63, 3.8) is 0 Å². The van der Waals surface area contributed by atoms with Gasteiger partial charge in [0.05, 0.1) is 10.6 Å². The van der Waals surface area contributed by atoms with Gasteiger partial charge in [0, 0.05) is 36.8 Å². The normalized spacial score (nSPS) is 24.2. The van der Waals surface area contributed by atoms with Crippen molar-refractivity contribution in [3.05, 3.63) is 27.8 Å². The van der Waals surface area contributed by atoms with Gasteiger partial charge >= 0.3 is 0 Å². The molecule has 2 fully saturated rings. The molecule has 25 heavy (non-hydrogen) atoms. The molecule has 0 aromatic heterocycles. The number of carbonyl (C=O) groups is 1. The second kappa shape index (κ2) is 7.42. The largest absolute Gasteiger partial charge is 0.368 e. The van der Waals surface area contributed by atoms with E-state index in [1.54, 1.807) is 0 Å². The quantitative estimate of drug-likeness (QED) is 0.465. The van der Waals surface area contributed by atoms with Gasteiger partial charge < -0.3 is 9.80 Å². The zero-order chi connectivity index (χ0) is 18.0. The lowest BCUT2D eigenvalue weighted by atomic mass is 9.98. The van der Waals surface area contributed by atoms with Gasteiger partial charge in [-0.3, -0.25) is 14.9 Å². The van der Waals surface area contributed by atoms with Crippen LogP contribution in [0.15, 0.2) is 12.1 Å². The summed E-state index contributed by atoms with van der Waals surface area (Å²) in [7, 11) is 0. The Morgan fingerprint density at radius 2 is 1.56 bits per heavy atom. The van der Waals surface area contributed by atoms with Gasteiger partial charge in [-0.05, 0) is 58.4 Å². The molecule has 0 bridgehead atoms. The minimum Gasteiger partial charge on any atom is -0.368 e.